The van der Waals surface area contributed by atoms with Crippen LogP contribution >= 0.6 is 0 Å². The van der Waals surface area contributed by atoms with Gasteiger partial charge in [0.05, 0.1) is 18.0 Å². The molecule has 0 aromatic heterocycles. The lowest BCUT2D eigenvalue weighted by Gasteiger charge is -2.08. The lowest BCUT2D eigenvalue weighted by atomic mass is 10.0. The third kappa shape index (κ3) is 2.85. The molecule has 1 aromatic carbocycles. The van der Waals surface area contributed by atoms with Crippen LogP contribution in [0.3, 0.4) is 0 Å². The van der Waals surface area contributed by atoms with Crippen molar-refractivity contribution >= 4 is 11.8 Å². The molecule has 0 radical (unpaired) electrons. The average Bonchev–Trinajstić information content (AvgIpc) is 2.16. The molecule has 1 rings (SSSR count). The van der Waals surface area contributed by atoms with Crippen LogP contribution < -0.4 is 5.73 Å². The third-order valence-electron chi connectivity index (χ3n) is 1.87. The summed E-state index contributed by atoms with van der Waals surface area (Å²) in [4.78, 5) is 21.8. The summed E-state index contributed by atoms with van der Waals surface area (Å²) in [5, 5.41) is 8.42. The molecule has 0 unspecified atom stereocenters. The number of carbonyl (C=O) groups is 2. The van der Waals surface area contributed by atoms with E-state index in [2.05, 4.69) is 0 Å². The fraction of sp³-hybridized carbons (Fsp3) is 0.200. The van der Waals surface area contributed by atoms with Gasteiger partial charge in [0.15, 0.2) is 5.78 Å². The second kappa shape index (κ2) is 4.65. The van der Waals surface area contributed by atoms with Crippen molar-refractivity contribution in [2.24, 2.45) is 5.73 Å². The molecule has 3 N–H and O–H groups in total. The highest BCUT2D eigenvalue weighted by Crippen LogP contribution is 2.09. The summed E-state index contributed by atoms with van der Waals surface area (Å²) in [6.07, 6.45) is -0.507. The molecule has 0 heterocycles. The van der Waals surface area contributed by atoms with Gasteiger partial charge in [-0.1, -0.05) is 12.1 Å². The summed E-state index contributed by atoms with van der Waals surface area (Å²) in [6.45, 7) is 0. The van der Waals surface area contributed by atoms with Crippen molar-refractivity contribution < 1.29 is 19.1 Å². The fourth-order valence-electron chi connectivity index (χ4n) is 1.14. The monoisotopic (exact) mass is 211 g/mol. The Morgan fingerprint density at radius 3 is 2.53 bits per heavy atom. The second-order valence-corrected chi connectivity index (χ2v) is 3.05. The Kier molecular flexibility index (Phi) is 3.51. The van der Waals surface area contributed by atoms with Crippen molar-refractivity contribution in [1.29, 1.82) is 0 Å². The zero-order valence-corrected chi connectivity index (χ0v) is 7.81. The summed E-state index contributed by atoms with van der Waals surface area (Å²) in [5.74, 6) is -2.58. The van der Waals surface area contributed by atoms with E-state index in [4.69, 9.17) is 10.8 Å². The largest absolute Gasteiger partial charge is 0.481 e. The minimum absolute atomic E-state index is 0.175. The minimum Gasteiger partial charge on any atom is -0.481 e. The topological polar surface area (TPSA) is 80.4 Å². The van der Waals surface area contributed by atoms with Crippen LogP contribution in [0.1, 0.15) is 16.8 Å². The number of halogens is 1. The molecule has 0 spiro atoms. The lowest BCUT2D eigenvalue weighted by Crippen LogP contribution is -2.33. The number of nitrogens with two attached hydrogens (primary N) is 1. The van der Waals surface area contributed by atoms with Crippen LogP contribution in [0.2, 0.25) is 0 Å². The van der Waals surface area contributed by atoms with Crippen molar-refractivity contribution in [1.82, 2.24) is 0 Å². The van der Waals surface area contributed by atoms with Crippen LogP contribution in [-0.4, -0.2) is 22.9 Å². The van der Waals surface area contributed by atoms with Gasteiger partial charge in [-0.15, -0.1) is 0 Å². The molecule has 0 aliphatic carbocycles. The first-order valence-electron chi connectivity index (χ1n) is 4.28. The quantitative estimate of drug-likeness (QED) is 0.722. The number of aliphatic carboxylic acids is 1. The number of hydrogen-bond acceptors (Lipinski definition) is 3. The highest BCUT2D eigenvalue weighted by molar-refractivity contribution is 6.01. The standard InChI is InChI=1S/C10H10FNO3/c11-7-4-2-1-3-6(7)10(15)8(12)5-9(13)14/h1-4,8H,5,12H2,(H,13,14)/t8-/m0/s1. The molecule has 1 atom stereocenters. The van der Waals surface area contributed by atoms with E-state index in [-0.39, 0.29) is 5.56 Å². The Morgan fingerprint density at radius 1 is 1.40 bits per heavy atom. The highest BCUT2D eigenvalue weighted by atomic mass is 19.1. The van der Waals surface area contributed by atoms with Crippen molar-refractivity contribution in [3.8, 4) is 0 Å². The maximum atomic E-state index is 13.1. The molecular formula is C10H10FNO3. The van der Waals surface area contributed by atoms with Crippen molar-refractivity contribution in [2.45, 2.75) is 12.5 Å². The van der Waals surface area contributed by atoms with Gasteiger partial charge in [0, 0.05) is 0 Å². The lowest BCUT2D eigenvalue weighted by molar-refractivity contribution is -0.137. The number of carboxylic acid groups (broad SMARTS) is 1. The van der Waals surface area contributed by atoms with Gasteiger partial charge >= 0.3 is 5.97 Å². The van der Waals surface area contributed by atoms with Gasteiger partial charge in [-0.05, 0) is 12.1 Å². The van der Waals surface area contributed by atoms with Gasteiger partial charge in [-0.3, -0.25) is 9.59 Å². The van der Waals surface area contributed by atoms with Crippen molar-refractivity contribution in [2.75, 3.05) is 0 Å². The molecule has 0 fully saturated rings. The third-order valence-corrected chi connectivity index (χ3v) is 1.87. The molecule has 15 heavy (non-hydrogen) atoms. The second-order valence-electron chi connectivity index (χ2n) is 3.05. The van der Waals surface area contributed by atoms with E-state index in [1.54, 1.807) is 0 Å². The number of carboxylic acids is 1. The van der Waals surface area contributed by atoms with Crippen LogP contribution in [0.5, 0.6) is 0 Å². The summed E-state index contributed by atoms with van der Waals surface area (Å²) < 4.78 is 13.1. The number of benzene rings is 1. The predicted molar refractivity (Wildman–Crippen MR) is 51.0 cm³/mol. The molecule has 0 bridgehead atoms. The van der Waals surface area contributed by atoms with Crippen LogP contribution in [0.25, 0.3) is 0 Å². The molecule has 0 saturated carbocycles. The zero-order chi connectivity index (χ0) is 11.4. The van der Waals surface area contributed by atoms with Crippen molar-refractivity contribution in [3.63, 3.8) is 0 Å². The maximum absolute atomic E-state index is 13.1. The maximum Gasteiger partial charge on any atom is 0.305 e. The van der Waals surface area contributed by atoms with E-state index in [0.29, 0.717) is 0 Å². The number of carbonyl (C=O) groups excluding carboxylic acids is 1. The average molecular weight is 211 g/mol. The van der Waals surface area contributed by atoms with Gasteiger partial charge in [-0.2, -0.15) is 0 Å². The van der Waals surface area contributed by atoms with Crippen LogP contribution in [-0.2, 0) is 4.79 Å². The van der Waals surface area contributed by atoms with Crippen LogP contribution in [0.4, 0.5) is 4.39 Å². The Bertz CT molecular complexity index is 392. The van der Waals surface area contributed by atoms with Crippen LogP contribution in [0.15, 0.2) is 24.3 Å². The molecule has 1 aromatic rings. The molecular weight excluding hydrogens is 201 g/mol. The van der Waals surface area contributed by atoms with E-state index >= 15 is 0 Å². The first-order valence-corrected chi connectivity index (χ1v) is 4.28. The first kappa shape index (κ1) is 11.3. The van der Waals surface area contributed by atoms with Gasteiger partial charge in [0.1, 0.15) is 5.82 Å². The highest BCUT2D eigenvalue weighted by Gasteiger charge is 2.20. The van der Waals surface area contributed by atoms with E-state index in [9.17, 15) is 14.0 Å². The summed E-state index contributed by atoms with van der Waals surface area (Å²) in [7, 11) is 0. The molecule has 0 aliphatic rings. The van der Waals surface area contributed by atoms with Gasteiger partial charge < -0.3 is 10.8 Å². The number of Topliss-reactive ketones (excluding diaryl/α,β-unsaturated/α-hetero) is 1. The zero-order valence-electron chi connectivity index (χ0n) is 7.81. The summed E-state index contributed by atoms with van der Waals surface area (Å²) >= 11 is 0. The summed E-state index contributed by atoms with van der Waals surface area (Å²) in [6, 6.07) is 4.12. The normalized spacial score (nSPS) is 12.1. The summed E-state index contributed by atoms with van der Waals surface area (Å²) in [5.41, 5.74) is 5.15. The Labute approximate surface area is 85.5 Å². The minimum atomic E-state index is -1.21. The number of ketones is 1. The Balaban J connectivity index is 2.85. The van der Waals surface area contributed by atoms with E-state index in [1.165, 1.54) is 18.2 Å². The molecule has 80 valence electrons. The molecule has 0 aliphatic heterocycles. The SMILES string of the molecule is N[C@@H](CC(=O)O)C(=O)c1ccccc1F. The van der Waals surface area contributed by atoms with E-state index < -0.39 is 30.0 Å². The molecule has 4 nitrogen and oxygen atoms in total. The van der Waals surface area contributed by atoms with Crippen molar-refractivity contribution in [3.05, 3.63) is 35.6 Å². The first-order chi connectivity index (χ1) is 7.02. The predicted octanol–water partition coefficient (Wildman–Crippen LogP) is 0.810. The van der Waals surface area contributed by atoms with E-state index in [1.807, 2.05) is 0 Å². The van der Waals surface area contributed by atoms with Gasteiger partial charge in [0.2, 0.25) is 0 Å². The smallest absolute Gasteiger partial charge is 0.305 e. The number of rotatable bonds is 4. The number of hydrogen-bond donors (Lipinski definition) is 2. The Hall–Kier alpha value is -1.75. The fourth-order valence-corrected chi connectivity index (χ4v) is 1.14. The molecule has 5 heteroatoms. The van der Waals surface area contributed by atoms with Gasteiger partial charge in [0.25, 0.3) is 0 Å². The molecule has 0 amide bonds. The van der Waals surface area contributed by atoms with E-state index in [0.717, 1.165) is 6.07 Å². The Morgan fingerprint density at radius 2 is 2.00 bits per heavy atom. The molecule has 0 saturated heterocycles. The van der Waals surface area contributed by atoms with Crippen LogP contribution in [0, 0.1) is 5.82 Å². The van der Waals surface area contributed by atoms with Gasteiger partial charge in [-0.25, -0.2) is 4.39 Å².